The molecular formula is C23H17F4N5O2. The highest BCUT2D eigenvalue weighted by atomic mass is 19.4. The van der Waals surface area contributed by atoms with E-state index in [2.05, 4.69) is 10.4 Å². The lowest BCUT2D eigenvalue weighted by atomic mass is 10.1. The van der Waals surface area contributed by atoms with E-state index in [1.807, 2.05) is 6.07 Å². The van der Waals surface area contributed by atoms with Gasteiger partial charge in [-0.2, -0.15) is 23.5 Å². The molecule has 0 radical (unpaired) electrons. The Hall–Kier alpha value is -4.20. The summed E-state index contributed by atoms with van der Waals surface area (Å²) in [7, 11) is 0. The van der Waals surface area contributed by atoms with Gasteiger partial charge in [0.2, 0.25) is 6.17 Å². The molecule has 1 aliphatic heterocycles. The first kappa shape index (κ1) is 23.0. The number of alkyl halides is 4. The number of aromatic nitrogens is 2. The maximum atomic E-state index is 13.6. The fourth-order valence-electron chi connectivity index (χ4n) is 3.79. The maximum Gasteiger partial charge on any atom is 0.423 e. The highest BCUT2D eigenvalue weighted by Crippen LogP contribution is 2.37. The van der Waals surface area contributed by atoms with Crippen LogP contribution in [0.4, 0.5) is 28.9 Å². The monoisotopic (exact) mass is 471 g/mol. The number of hydrogen-bond acceptors (Lipinski definition) is 4. The van der Waals surface area contributed by atoms with Gasteiger partial charge in [0.05, 0.1) is 36.0 Å². The zero-order valence-corrected chi connectivity index (χ0v) is 17.7. The topological polar surface area (TPSA) is 91.0 Å². The fourth-order valence-corrected chi connectivity index (χ4v) is 3.79. The highest BCUT2D eigenvalue weighted by molar-refractivity contribution is 6.15. The Morgan fingerprint density at radius 2 is 1.94 bits per heavy atom. The molecule has 0 spiro atoms. The molecule has 1 N–H and O–H groups in total. The summed E-state index contributed by atoms with van der Waals surface area (Å²) in [5, 5.41) is 15.8. The number of amides is 2. The molecule has 1 aliphatic rings. The smallest absolute Gasteiger partial charge is 0.322 e. The molecule has 2 atom stereocenters. The third kappa shape index (κ3) is 4.22. The molecule has 7 nitrogen and oxygen atoms in total. The molecule has 0 saturated heterocycles. The molecule has 0 fully saturated rings. The first-order valence-electron chi connectivity index (χ1n) is 10.1. The molecule has 0 aliphatic carbocycles. The van der Waals surface area contributed by atoms with Crippen LogP contribution in [0.15, 0.2) is 54.7 Å². The van der Waals surface area contributed by atoms with E-state index < -0.39 is 35.8 Å². The van der Waals surface area contributed by atoms with Crippen molar-refractivity contribution in [3.8, 4) is 6.07 Å². The predicted octanol–water partition coefficient (Wildman–Crippen LogP) is 4.63. The number of nitrogens with zero attached hydrogens (tertiary/aromatic N) is 4. The summed E-state index contributed by atoms with van der Waals surface area (Å²) < 4.78 is 53.0. The Kier molecular flexibility index (Phi) is 5.83. The Labute approximate surface area is 191 Å². The minimum atomic E-state index is -5.03. The van der Waals surface area contributed by atoms with Crippen molar-refractivity contribution >= 4 is 23.2 Å². The van der Waals surface area contributed by atoms with Crippen molar-refractivity contribution in [1.29, 1.82) is 5.26 Å². The van der Waals surface area contributed by atoms with Gasteiger partial charge in [-0.15, -0.1) is 0 Å². The lowest BCUT2D eigenvalue weighted by Gasteiger charge is -2.34. The van der Waals surface area contributed by atoms with E-state index in [0.29, 0.717) is 11.3 Å². The zero-order chi connectivity index (χ0) is 24.6. The van der Waals surface area contributed by atoms with Crippen LogP contribution in [0, 0.1) is 11.3 Å². The van der Waals surface area contributed by atoms with Gasteiger partial charge < -0.3 is 10.2 Å². The molecule has 4 rings (SSSR count). The van der Waals surface area contributed by atoms with Gasteiger partial charge in [-0.05, 0) is 42.8 Å². The summed E-state index contributed by atoms with van der Waals surface area (Å²) in [6.45, 7) is 1.95. The van der Waals surface area contributed by atoms with Gasteiger partial charge in [0.1, 0.15) is 5.69 Å². The summed E-state index contributed by atoms with van der Waals surface area (Å²) in [5.74, 6) is -1.19. The lowest BCUT2D eigenvalue weighted by Crippen LogP contribution is -2.47. The molecule has 0 saturated carbocycles. The second kappa shape index (κ2) is 8.62. The Bertz CT molecular complexity index is 1290. The van der Waals surface area contributed by atoms with Crippen LogP contribution < -0.4 is 10.2 Å². The number of fused-ring (bicyclic) bond motifs is 1. The molecule has 174 valence electrons. The van der Waals surface area contributed by atoms with Crippen molar-refractivity contribution in [3.63, 3.8) is 0 Å². The van der Waals surface area contributed by atoms with Gasteiger partial charge in [-0.1, -0.05) is 18.2 Å². The normalized spacial score (nSPS) is 16.5. The molecule has 3 aromatic rings. The lowest BCUT2D eigenvalue weighted by molar-refractivity contribution is -0.182. The molecule has 2 aromatic carbocycles. The van der Waals surface area contributed by atoms with Crippen LogP contribution in [-0.2, 0) is 6.54 Å². The van der Waals surface area contributed by atoms with Crippen LogP contribution in [0.1, 0.15) is 45.1 Å². The van der Waals surface area contributed by atoms with Gasteiger partial charge in [0.15, 0.2) is 0 Å². The molecular weight excluding hydrogens is 454 g/mol. The second-order valence-electron chi connectivity index (χ2n) is 7.76. The first-order valence-corrected chi connectivity index (χ1v) is 10.1. The average molecular weight is 471 g/mol. The van der Waals surface area contributed by atoms with Crippen molar-refractivity contribution in [3.05, 3.63) is 77.1 Å². The zero-order valence-electron chi connectivity index (χ0n) is 17.7. The van der Waals surface area contributed by atoms with Crippen LogP contribution in [0.25, 0.3) is 0 Å². The number of benzene rings is 2. The SMILES string of the molecule is C[C@H]1Cn2ncc(C(=O)Nc3cccc(C#N)c3)c2C(=O)N1c1ccc(C(F)C(F)(F)F)cc1. The van der Waals surface area contributed by atoms with E-state index in [1.165, 1.54) is 34.0 Å². The molecule has 11 heteroatoms. The van der Waals surface area contributed by atoms with Crippen LogP contribution in [0.5, 0.6) is 0 Å². The van der Waals surface area contributed by atoms with E-state index in [9.17, 15) is 27.2 Å². The number of carbonyl (C=O) groups excluding carboxylic acids is 2. The first-order chi connectivity index (χ1) is 16.1. The van der Waals surface area contributed by atoms with E-state index >= 15 is 0 Å². The minimum absolute atomic E-state index is 0.00164. The third-order valence-corrected chi connectivity index (χ3v) is 5.38. The van der Waals surface area contributed by atoms with Gasteiger partial charge in [0.25, 0.3) is 11.8 Å². The summed E-state index contributed by atoms with van der Waals surface area (Å²) in [5.41, 5.74) is 0.402. The van der Waals surface area contributed by atoms with E-state index in [4.69, 9.17) is 5.26 Å². The van der Waals surface area contributed by atoms with Gasteiger partial charge >= 0.3 is 6.18 Å². The summed E-state index contributed by atoms with van der Waals surface area (Å²) in [6.07, 6.45) is -6.91. The van der Waals surface area contributed by atoms with E-state index in [-0.39, 0.29) is 23.5 Å². The number of carbonyl (C=O) groups is 2. The maximum absolute atomic E-state index is 13.6. The minimum Gasteiger partial charge on any atom is -0.322 e. The Morgan fingerprint density at radius 3 is 2.59 bits per heavy atom. The van der Waals surface area contributed by atoms with Gasteiger partial charge in [0, 0.05) is 11.4 Å². The van der Waals surface area contributed by atoms with E-state index in [0.717, 1.165) is 12.1 Å². The van der Waals surface area contributed by atoms with Gasteiger partial charge in [-0.3, -0.25) is 14.3 Å². The second-order valence-corrected chi connectivity index (χ2v) is 7.76. The van der Waals surface area contributed by atoms with Crippen molar-refractivity contribution in [2.24, 2.45) is 0 Å². The molecule has 34 heavy (non-hydrogen) atoms. The van der Waals surface area contributed by atoms with Crippen LogP contribution in [0.2, 0.25) is 0 Å². The fraction of sp³-hybridized carbons (Fsp3) is 0.217. The van der Waals surface area contributed by atoms with E-state index in [1.54, 1.807) is 25.1 Å². The molecule has 2 amide bonds. The standard InChI is InChI=1S/C23H17F4N5O2/c1-13-12-31-19(18(11-29-31)21(33)30-16-4-2-3-14(9-16)10-28)22(34)32(13)17-7-5-15(6-8-17)20(24)23(25,26)27/h2-9,11,13,20H,12H2,1H3,(H,30,33)/t13-,20?/m0/s1. The summed E-state index contributed by atoms with van der Waals surface area (Å²) in [6, 6.07) is 12.2. The number of rotatable bonds is 4. The molecule has 1 unspecified atom stereocenters. The van der Waals surface area contributed by atoms with Crippen LogP contribution in [0.3, 0.4) is 0 Å². The summed E-state index contributed by atoms with van der Waals surface area (Å²) >= 11 is 0. The van der Waals surface area contributed by atoms with Crippen LogP contribution in [-0.4, -0.2) is 33.8 Å². The molecule has 0 bridgehead atoms. The molecule has 1 aromatic heterocycles. The Morgan fingerprint density at radius 1 is 1.24 bits per heavy atom. The molecule has 2 heterocycles. The van der Waals surface area contributed by atoms with Crippen molar-refractivity contribution < 1.29 is 27.2 Å². The van der Waals surface area contributed by atoms with Crippen molar-refractivity contribution in [1.82, 2.24) is 9.78 Å². The third-order valence-electron chi connectivity index (χ3n) is 5.38. The van der Waals surface area contributed by atoms with Crippen LogP contribution >= 0.6 is 0 Å². The number of anilines is 2. The largest absolute Gasteiger partial charge is 0.423 e. The highest BCUT2D eigenvalue weighted by Gasteiger charge is 2.41. The predicted molar refractivity (Wildman–Crippen MR) is 114 cm³/mol. The number of halogens is 4. The number of hydrogen-bond donors (Lipinski definition) is 1. The quantitative estimate of drug-likeness (QED) is 0.562. The number of nitrogens with one attached hydrogen (secondary N) is 1. The van der Waals surface area contributed by atoms with Crippen molar-refractivity contribution in [2.45, 2.75) is 31.9 Å². The Balaban J connectivity index is 1.61. The van der Waals surface area contributed by atoms with Crippen molar-refractivity contribution in [2.75, 3.05) is 10.2 Å². The number of nitriles is 1. The average Bonchev–Trinajstić information content (AvgIpc) is 3.23. The summed E-state index contributed by atoms with van der Waals surface area (Å²) in [4.78, 5) is 27.5. The van der Waals surface area contributed by atoms with Gasteiger partial charge in [-0.25, -0.2) is 4.39 Å².